The van der Waals surface area contributed by atoms with E-state index in [-0.39, 0.29) is 17.7 Å². The number of amides is 2. The Morgan fingerprint density at radius 2 is 1.80 bits per heavy atom. The first-order valence-corrected chi connectivity index (χ1v) is 10.8. The van der Waals surface area contributed by atoms with Crippen LogP contribution in [0.4, 0.5) is 0 Å². The summed E-state index contributed by atoms with van der Waals surface area (Å²) in [5.41, 5.74) is 0.840. The summed E-state index contributed by atoms with van der Waals surface area (Å²) in [6.45, 7) is 5.01. The number of carbonyl (C=O) groups is 2. The average molecular weight is 412 g/mol. The lowest BCUT2D eigenvalue weighted by Gasteiger charge is -2.38. The molecule has 1 aromatic carbocycles. The van der Waals surface area contributed by atoms with E-state index >= 15 is 0 Å². The van der Waals surface area contributed by atoms with Gasteiger partial charge in [0.15, 0.2) is 0 Å². The lowest BCUT2D eigenvalue weighted by molar-refractivity contribution is -0.144. The van der Waals surface area contributed by atoms with Crippen LogP contribution in [0.5, 0.6) is 5.75 Å². The van der Waals surface area contributed by atoms with E-state index in [1.807, 2.05) is 41.0 Å². The van der Waals surface area contributed by atoms with Crippen LogP contribution in [0.2, 0.25) is 0 Å². The summed E-state index contributed by atoms with van der Waals surface area (Å²) >= 11 is 0. The Kier molecular flexibility index (Phi) is 6.30. The van der Waals surface area contributed by atoms with E-state index in [0.29, 0.717) is 57.3 Å². The van der Waals surface area contributed by atoms with Crippen molar-refractivity contribution in [1.29, 1.82) is 0 Å². The molecule has 0 bridgehead atoms. The summed E-state index contributed by atoms with van der Waals surface area (Å²) < 4.78 is 10.7. The number of ether oxygens (including phenoxy) is 1. The first kappa shape index (κ1) is 20.4. The van der Waals surface area contributed by atoms with Crippen LogP contribution in [-0.4, -0.2) is 64.5 Å². The molecule has 2 fully saturated rings. The van der Waals surface area contributed by atoms with Gasteiger partial charge in [-0.2, -0.15) is 4.98 Å². The van der Waals surface area contributed by atoms with Crippen LogP contribution < -0.4 is 4.74 Å². The van der Waals surface area contributed by atoms with Crippen LogP contribution in [0.3, 0.4) is 0 Å². The van der Waals surface area contributed by atoms with Crippen molar-refractivity contribution in [3.05, 3.63) is 30.2 Å². The first-order chi connectivity index (χ1) is 14.6. The fourth-order valence-corrected chi connectivity index (χ4v) is 3.80. The van der Waals surface area contributed by atoms with Gasteiger partial charge >= 0.3 is 0 Å². The van der Waals surface area contributed by atoms with E-state index < -0.39 is 0 Å². The van der Waals surface area contributed by atoms with Gasteiger partial charge in [0.2, 0.25) is 23.5 Å². The van der Waals surface area contributed by atoms with Crippen molar-refractivity contribution in [2.75, 3.05) is 32.8 Å². The number of nitrogens with zero attached hydrogens (tertiary/aromatic N) is 4. The van der Waals surface area contributed by atoms with Crippen molar-refractivity contribution >= 4 is 11.8 Å². The van der Waals surface area contributed by atoms with Crippen LogP contribution >= 0.6 is 0 Å². The van der Waals surface area contributed by atoms with Gasteiger partial charge in [-0.15, -0.1) is 0 Å². The molecule has 2 aromatic rings. The van der Waals surface area contributed by atoms with Gasteiger partial charge in [-0.1, -0.05) is 11.6 Å². The number of aromatic nitrogens is 2. The Balaban J connectivity index is 1.24. The van der Waals surface area contributed by atoms with Crippen LogP contribution in [0, 0.1) is 5.92 Å². The van der Waals surface area contributed by atoms with Crippen molar-refractivity contribution in [2.24, 2.45) is 5.92 Å². The Morgan fingerprint density at radius 3 is 2.43 bits per heavy atom. The largest absolute Gasteiger partial charge is 0.494 e. The topological polar surface area (TPSA) is 88.8 Å². The van der Waals surface area contributed by atoms with E-state index in [1.54, 1.807) is 0 Å². The third-order valence-electron chi connectivity index (χ3n) is 5.84. The first-order valence-electron chi connectivity index (χ1n) is 10.8. The molecule has 8 heteroatoms. The fraction of sp³-hybridized carbons (Fsp3) is 0.545. The number of carbonyl (C=O) groups excluding carboxylic acids is 2. The maximum absolute atomic E-state index is 12.5. The number of hydrogen-bond acceptors (Lipinski definition) is 6. The Bertz CT molecular complexity index is 868. The highest BCUT2D eigenvalue weighted by molar-refractivity contribution is 5.80. The van der Waals surface area contributed by atoms with Gasteiger partial charge in [0.05, 0.1) is 6.61 Å². The molecule has 2 aliphatic rings. The molecule has 1 aliphatic heterocycles. The minimum absolute atomic E-state index is 0.0616. The summed E-state index contributed by atoms with van der Waals surface area (Å²) in [4.78, 5) is 33.0. The van der Waals surface area contributed by atoms with Crippen molar-refractivity contribution in [1.82, 2.24) is 19.9 Å². The minimum atomic E-state index is 0.0616. The number of aryl methyl sites for hydroxylation is 1. The predicted octanol–water partition coefficient (Wildman–Crippen LogP) is 2.54. The van der Waals surface area contributed by atoms with Gasteiger partial charge in [0.1, 0.15) is 5.75 Å². The van der Waals surface area contributed by atoms with E-state index in [4.69, 9.17) is 9.26 Å². The van der Waals surface area contributed by atoms with Crippen LogP contribution in [0.1, 0.15) is 38.5 Å². The van der Waals surface area contributed by atoms with Crippen LogP contribution in [0.25, 0.3) is 11.4 Å². The monoisotopic (exact) mass is 412 g/mol. The molecule has 30 heavy (non-hydrogen) atoms. The number of hydrogen-bond donors (Lipinski definition) is 0. The maximum Gasteiger partial charge on any atom is 0.227 e. The molecule has 0 spiro atoms. The van der Waals surface area contributed by atoms with Crippen LogP contribution in [-0.2, 0) is 16.0 Å². The average Bonchev–Trinajstić information content (AvgIpc) is 3.21. The molecule has 1 saturated carbocycles. The summed E-state index contributed by atoms with van der Waals surface area (Å²) in [6, 6.07) is 7.51. The maximum atomic E-state index is 12.5. The van der Waals surface area contributed by atoms with Crippen molar-refractivity contribution in [2.45, 2.75) is 39.0 Å². The van der Waals surface area contributed by atoms with Crippen LogP contribution in [0.15, 0.2) is 28.8 Å². The molecule has 1 aliphatic carbocycles. The molecule has 2 heterocycles. The quantitative estimate of drug-likeness (QED) is 0.694. The zero-order valence-electron chi connectivity index (χ0n) is 17.4. The second-order valence-corrected chi connectivity index (χ2v) is 7.80. The van der Waals surface area contributed by atoms with Crippen molar-refractivity contribution in [3.63, 3.8) is 0 Å². The van der Waals surface area contributed by atoms with E-state index in [0.717, 1.165) is 30.6 Å². The summed E-state index contributed by atoms with van der Waals surface area (Å²) in [7, 11) is 0. The fourth-order valence-electron chi connectivity index (χ4n) is 3.80. The number of piperazine rings is 1. The van der Waals surface area contributed by atoms with Gasteiger partial charge in [-0.05, 0) is 44.0 Å². The normalized spacial score (nSPS) is 17.0. The number of rotatable bonds is 7. The second kappa shape index (κ2) is 9.28. The smallest absolute Gasteiger partial charge is 0.227 e. The molecule has 1 aromatic heterocycles. The molecule has 0 radical (unpaired) electrons. The summed E-state index contributed by atoms with van der Waals surface area (Å²) in [5, 5.41) is 4.02. The highest BCUT2D eigenvalue weighted by Gasteiger charge is 2.32. The molecule has 0 N–H and O–H groups in total. The molecular formula is C22H28N4O4. The summed E-state index contributed by atoms with van der Waals surface area (Å²) in [5.74, 6) is 2.29. The van der Waals surface area contributed by atoms with E-state index in [2.05, 4.69) is 10.1 Å². The third-order valence-corrected chi connectivity index (χ3v) is 5.84. The van der Waals surface area contributed by atoms with Crippen molar-refractivity contribution < 1.29 is 18.8 Å². The molecule has 0 atom stereocenters. The molecular weight excluding hydrogens is 384 g/mol. The van der Waals surface area contributed by atoms with Gasteiger partial charge in [-0.25, -0.2) is 0 Å². The van der Waals surface area contributed by atoms with E-state index in [1.165, 1.54) is 0 Å². The lowest BCUT2D eigenvalue weighted by Crippen LogP contribution is -2.52. The molecule has 8 nitrogen and oxygen atoms in total. The van der Waals surface area contributed by atoms with Crippen molar-refractivity contribution in [3.8, 4) is 17.1 Å². The standard InChI is InChI=1S/C22H28N4O4/c1-2-29-18-8-6-16(7-9-18)21-23-19(30-24-21)10-11-20(27)25-12-14-26(15-13-25)22(28)17-4-3-5-17/h6-9,17H,2-5,10-15H2,1H3. The molecule has 1 saturated heterocycles. The second-order valence-electron chi connectivity index (χ2n) is 7.80. The highest BCUT2D eigenvalue weighted by Crippen LogP contribution is 2.28. The minimum Gasteiger partial charge on any atom is -0.494 e. The van der Waals surface area contributed by atoms with Gasteiger partial charge in [0.25, 0.3) is 0 Å². The zero-order valence-corrected chi connectivity index (χ0v) is 17.4. The molecule has 4 rings (SSSR count). The SMILES string of the molecule is CCOc1ccc(-c2noc(CCC(=O)N3CCN(C(=O)C4CCC4)CC3)n2)cc1. The lowest BCUT2D eigenvalue weighted by atomic mass is 9.84. The van der Waals surface area contributed by atoms with E-state index in [9.17, 15) is 9.59 Å². The van der Waals surface area contributed by atoms with Gasteiger partial charge < -0.3 is 19.1 Å². The summed E-state index contributed by atoms with van der Waals surface area (Å²) in [6.07, 6.45) is 3.91. The third kappa shape index (κ3) is 4.63. The Labute approximate surface area is 176 Å². The molecule has 160 valence electrons. The van der Waals surface area contributed by atoms with Gasteiger partial charge in [0, 0.05) is 50.5 Å². The highest BCUT2D eigenvalue weighted by atomic mass is 16.5. The Hall–Kier alpha value is -2.90. The predicted molar refractivity (Wildman–Crippen MR) is 110 cm³/mol. The Morgan fingerprint density at radius 1 is 1.10 bits per heavy atom. The molecule has 0 unspecified atom stereocenters. The number of benzene rings is 1. The van der Waals surface area contributed by atoms with Gasteiger partial charge in [-0.3, -0.25) is 9.59 Å². The zero-order chi connectivity index (χ0) is 20.9. The molecule has 2 amide bonds.